The minimum Gasteiger partial charge on any atom is -0.365 e. The van der Waals surface area contributed by atoms with E-state index in [4.69, 9.17) is 11.6 Å². The first-order chi connectivity index (χ1) is 12.7. The number of hydrogen-bond acceptors (Lipinski definition) is 4. The van der Waals surface area contributed by atoms with Crippen LogP contribution in [0.3, 0.4) is 0 Å². The lowest BCUT2D eigenvalue weighted by Crippen LogP contribution is -2.48. The Morgan fingerprint density at radius 3 is 2.26 bits per heavy atom. The van der Waals surface area contributed by atoms with Crippen LogP contribution in [0.4, 0.5) is 18.9 Å². The van der Waals surface area contributed by atoms with Crippen molar-refractivity contribution in [1.29, 1.82) is 0 Å². The van der Waals surface area contributed by atoms with E-state index in [-0.39, 0.29) is 22.9 Å². The Kier molecular flexibility index (Phi) is 4.43. The second-order valence-corrected chi connectivity index (χ2v) is 8.14. The molecular formula is C18H14ClF3N2O2S. The first-order valence-electron chi connectivity index (χ1n) is 8.28. The summed E-state index contributed by atoms with van der Waals surface area (Å²) >= 11 is 6.52. The molecule has 1 amide bonds. The lowest BCUT2D eigenvalue weighted by atomic mass is 10.2. The zero-order valence-electron chi connectivity index (χ0n) is 13.9. The summed E-state index contributed by atoms with van der Waals surface area (Å²) < 4.78 is 37.6. The lowest BCUT2D eigenvalue weighted by molar-refractivity contribution is -0.0882. The lowest BCUT2D eigenvalue weighted by Gasteiger charge is -2.35. The number of amides is 1. The highest BCUT2D eigenvalue weighted by Crippen LogP contribution is 2.36. The van der Waals surface area contributed by atoms with Gasteiger partial charge in [0.25, 0.3) is 11.7 Å². The second-order valence-electron chi connectivity index (χ2n) is 6.62. The smallest absolute Gasteiger partial charge is 0.365 e. The van der Waals surface area contributed by atoms with Crippen molar-refractivity contribution in [2.45, 2.75) is 24.7 Å². The summed E-state index contributed by atoms with van der Waals surface area (Å²) in [6, 6.07) is 10.0. The molecule has 2 atom stereocenters. The number of thiophene rings is 1. The normalized spacial score (nSPS) is 21.8. The number of benzene rings is 1. The topological polar surface area (TPSA) is 40.6 Å². The molecule has 27 heavy (non-hydrogen) atoms. The van der Waals surface area contributed by atoms with E-state index in [0.717, 1.165) is 18.2 Å². The van der Waals surface area contributed by atoms with Crippen LogP contribution in [0.1, 0.15) is 25.8 Å². The Labute approximate surface area is 162 Å². The monoisotopic (exact) mass is 414 g/mol. The molecule has 0 radical (unpaired) electrons. The van der Waals surface area contributed by atoms with Gasteiger partial charge in [-0.3, -0.25) is 9.59 Å². The van der Waals surface area contributed by atoms with Gasteiger partial charge in [0.05, 0.1) is 15.8 Å². The van der Waals surface area contributed by atoms with E-state index >= 15 is 0 Å². The zero-order valence-corrected chi connectivity index (χ0v) is 15.4. The molecule has 0 aliphatic carbocycles. The molecule has 2 saturated heterocycles. The van der Waals surface area contributed by atoms with Crippen molar-refractivity contribution < 1.29 is 22.8 Å². The molecular weight excluding hydrogens is 401 g/mol. The predicted molar refractivity (Wildman–Crippen MR) is 96.7 cm³/mol. The Morgan fingerprint density at radius 1 is 1.00 bits per heavy atom. The van der Waals surface area contributed by atoms with E-state index in [1.807, 2.05) is 24.3 Å². The number of anilines is 1. The van der Waals surface area contributed by atoms with Crippen molar-refractivity contribution in [1.82, 2.24) is 4.90 Å². The van der Waals surface area contributed by atoms with Crippen molar-refractivity contribution >= 4 is 40.3 Å². The largest absolute Gasteiger partial charge is 0.455 e. The standard InChI is InChI=1S/C18H14ClF3N2O2S/c19-10-1-3-11(4-2-10)23-8-13-7-12(23)9-24(13)17(26)15-6-5-14(27-15)16(25)18(20,21)22/h1-6,12-13H,7-9H2/t12-,13-/m0/s1. The zero-order chi connectivity index (χ0) is 19.3. The average Bonchev–Trinajstić information content (AvgIpc) is 3.35. The van der Waals surface area contributed by atoms with Crippen molar-refractivity contribution in [3.8, 4) is 0 Å². The summed E-state index contributed by atoms with van der Waals surface area (Å²) in [4.78, 5) is 27.7. The number of carbonyl (C=O) groups excluding carboxylic acids is 2. The molecule has 3 heterocycles. The highest BCUT2D eigenvalue weighted by molar-refractivity contribution is 7.16. The molecule has 4 nitrogen and oxygen atoms in total. The van der Waals surface area contributed by atoms with Crippen molar-refractivity contribution in [2.24, 2.45) is 0 Å². The molecule has 0 saturated carbocycles. The van der Waals surface area contributed by atoms with Gasteiger partial charge in [-0.25, -0.2) is 0 Å². The van der Waals surface area contributed by atoms with Gasteiger partial charge in [0.1, 0.15) is 0 Å². The Bertz CT molecular complexity index is 897. The summed E-state index contributed by atoms with van der Waals surface area (Å²) in [7, 11) is 0. The van der Waals surface area contributed by atoms with E-state index < -0.39 is 16.8 Å². The predicted octanol–water partition coefficient (Wildman–Crippen LogP) is 4.25. The van der Waals surface area contributed by atoms with Crippen LogP contribution in [0.2, 0.25) is 5.02 Å². The van der Waals surface area contributed by atoms with Gasteiger partial charge < -0.3 is 9.80 Å². The quantitative estimate of drug-likeness (QED) is 0.705. The van der Waals surface area contributed by atoms with E-state index in [2.05, 4.69) is 4.90 Å². The molecule has 1 aromatic heterocycles. The summed E-state index contributed by atoms with van der Waals surface area (Å²) in [6.07, 6.45) is -4.12. The number of ketones is 1. The molecule has 0 spiro atoms. The maximum Gasteiger partial charge on any atom is 0.455 e. The minimum absolute atomic E-state index is 0.00189. The van der Waals surface area contributed by atoms with Crippen LogP contribution >= 0.6 is 22.9 Å². The maximum atomic E-state index is 12.7. The Balaban J connectivity index is 1.46. The fourth-order valence-corrected chi connectivity index (χ4v) is 4.77. The number of alkyl halides is 3. The number of fused-ring (bicyclic) bond motifs is 2. The third-order valence-electron chi connectivity index (χ3n) is 4.96. The Hall–Kier alpha value is -2.06. The van der Waals surface area contributed by atoms with Crippen molar-refractivity contribution in [2.75, 3.05) is 18.0 Å². The molecule has 2 aliphatic heterocycles. The van der Waals surface area contributed by atoms with Gasteiger partial charge in [-0.2, -0.15) is 13.2 Å². The van der Waals surface area contributed by atoms with Crippen LogP contribution in [0, 0.1) is 0 Å². The maximum absolute atomic E-state index is 12.7. The SMILES string of the molecule is O=C(c1ccc(C(=O)C(F)(F)F)s1)N1C[C@@H]2C[C@H]1CN2c1ccc(Cl)cc1. The summed E-state index contributed by atoms with van der Waals surface area (Å²) in [5, 5.41) is 0.654. The number of carbonyl (C=O) groups is 2. The van der Waals surface area contributed by atoms with Crippen LogP contribution in [-0.4, -0.2) is 47.9 Å². The minimum atomic E-state index is -4.93. The highest BCUT2D eigenvalue weighted by Gasteiger charge is 2.46. The van der Waals surface area contributed by atoms with Crippen LogP contribution in [-0.2, 0) is 0 Å². The van der Waals surface area contributed by atoms with Crippen molar-refractivity contribution in [3.63, 3.8) is 0 Å². The second kappa shape index (κ2) is 6.53. The third kappa shape index (κ3) is 3.32. The fourth-order valence-electron chi connectivity index (χ4n) is 3.72. The van der Waals surface area contributed by atoms with Gasteiger partial charge in [-0.15, -0.1) is 11.3 Å². The molecule has 0 N–H and O–H groups in total. The summed E-state index contributed by atoms with van der Waals surface area (Å²) in [6.45, 7) is 1.17. The number of likely N-dealkylation sites (tertiary alicyclic amines) is 1. The third-order valence-corrected chi connectivity index (χ3v) is 6.28. The number of hydrogen-bond donors (Lipinski definition) is 0. The molecule has 2 bridgehead atoms. The Morgan fingerprint density at radius 2 is 1.67 bits per heavy atom. The van der Waals surface area contributed by atoms with E-state index in [0.29, 0.717) is 29.4 Å². The fraction of sp³-hybridized carbons (Fsp3) is 0.333. The van der Waals surface area contributed by atoms with Gasteiger partial charge in [0.2, 0.25) is 0 Å². The van der Waals surface area contributed by atoms with Crippen LogP contribution < -0.4 is 4.90 Å². The summed E-state index contributed by atoms with van der Waals surface area (Å²) in [5.41, 5.74) is 1.04. The van der Waals surface area contributed by atoms with E-state index in [1.165, 1.54) is 6.07 Å². The molecule has 4 rings (SSSR count). The van der Waals surface area contributed by atoms with Gasteiger partial charge >= 0.3 is 6.18 Å². The average molecular weight is 415 g/mol. The van der Waals surface area contributed by atoms with Crippen LogP contribution in [0.25, 0.3) is 0 Å². The molecule has 2 fully saturated rings. The molecule has 2 aliphatic rings. The number of piperazine rings is 1. The van der Waals surface area contributed by atoms with Gasteiger partial charge in [-0.05, 0) is 42.8 Å². The number of halogens is 4. The van der Waals surface area contributed by atoms with E-state index in [9.17, 15) is 22.8 Å². The first-order valence-corrected chi connectivity index (χ1v) is 9.48. The first kappa shape index (κ1) is 18.3. The molecule has 0 unspecified atom stereocenters. The number of Topliss-reactive ketones (excluding diaryl/α,β-unsaturated/α-hetero) is 1. The highest BCUT2D eigenvalue weighted by atomic mass is 35.5. The van der Waals surface area contributed by atoms with Gasteiger partial charge in [-0.1, -0.05) is 11.6 Å². The van der Waals surface area contributed by atoms with Crippen LogP contribution in [0.15, 0.2) is 36.4 Å². The van der Waals surface area contributed by atoms with Gasteiger partial charge in [0, 0.05) is 29.8 Å². The summed E-state index contributed by atoms with van der Waals surface area (Å²) in [5.74, 6) is -2.23. The number of nitrogens with zero attached hydrogens (tertiary/aromatic N) is 2. The molecule has 9 heteroatoms. The molecule has 2 aromatic rings. The number of rotatable bonds is 3. The van der Waals surface area contributed by atoms with E-state index in [1.54, 1.807) is 4.90 Å². The van der Waals surface area contributed by atoms with Crippen molar-refractivity contribution in [3.05, 3.63) is 51.2 Å². The molecule has 1 aromatic carbocycles. The van der Waals surface area contributed by atoms with Gasteiger partial charge in [0.15, 0.2) is 0 Å². The molecule has 142 valence electrons. The van der Waals surface area contributed by atoms with Crippen LogP contribution in [0.5, 0.6) is 0 Å².